The van der Waals surface area contributed by atoms with Gasteiger partial charge in [0.05, 0.1) is 11.0 Å². The van der Waals surface area contributed by atoms with Gasteiger partial charge in [0, 0.05) is 16.6 Å². The summed E-state index contributed by atoms with van der Waals surface area (Å²) in [6, 6.07) is 16.9. The molecule has 1 atom stereocenters. The molecule has 0 amide bonds. The van der Waals surface area contributed by atoms with Gasteiger partial charge in [-0.3, -0.25) is 0 Å². The topological polar surface area (TPSA) is 29.9 Å². The molecule has 0 saturated carbocycles. The third-order valence-corrected chi connectivity index (χ3v) is 4.89. The summed E-state index contributed by atoms with van der Waals surface area (Å²) in [5, 5.41) is 3.46. The molecule has 2 aromatic carbocycles. The summed E-state index contributed by atoms with van der Waals surface area (Å²) in [5.74, 6) is 1.76. The molecule has 0 radical (unpaired) electrons. The molecule has 4 heteroatoms. The highest BCUT2D eigenvalue weighted by Gasteiger charge is 2.19. The van der Waals surface area contributed by atoms with Crippen LogP contribution in [0.25, 0.3) is 22.4 Å². The number of benzene rings is 2. The Morgan fingerprint density at radius 3 is 2.73 bits per heavy atom. The summed E-state index contributed by atoms with van der Waals surface area (Å²) in [6.45, 7) is 3.26. The second-order valence-corrected chi connectivity index (χ2v) is 6.82. The maximum Gasteiger partial charge on any atom is 0.141 e. The van der Waals surface area contributed by atoms with E-state index in [1.54, 1.807) is 0 Å². The van der Waals surface area contributed by atoms with Crippen LogP contribution in [-0.4, -0.2) is 22.6 Å². The summed E-state index contributed by atoms with van der Waals surface area (Å²) in [5.41, 5.74) is 3.48. The van der Waals surface area contributed by atoms with Crippen LogP contribution < -0.4 is 5.32 Å². The van der Waals surface area contributed by atoms with Crippen LogP contribution in [0.1, 0.15) is 6.42 Å². The number of rotatable bonds is 3. The normalized spacial score (nSPS) is 18.1. The molecule has 0 aliphatic carbocycles. The van der Waals surface area contributed by atoms with Crippen LogP contribution in [0.5, 0.6) is 0 Å². The number of nitrogens with one attached hydrogen (secondary N) is 1. The Morgan fingerprint density at radius 2 is 1.95 bits per heavy atom. The average Bonchev–Trinajstić information content (AvgIpc) is 3.17. The van der Waals surface area contributed by atoms with Crippen LogP contribution >= 0.6 is 15.9 Å². The maximum atomic E-state index is 4.88. The van der Waals surface area contributed by atoms with Crippen molar-refractivity contribution in [2.24, 2.45) is 5.92 Å². The molecule has 1 aliphatic rings. The predicted octanol–water partition coefficient (Wildman–Crippen LogP) is 4.08. The third-order valence-electron chi connectivity index (χ3n) is 4.36. The minimum atomic E-state index is 0.687. The van der Waals surface area contributed by atoms with E-state index in [1.807, 2.05) is 0 Å². The third kappa shape index (κ3) is 2.57. The summed E-state index contributed by atoms with van der Waals surface area (Å²) >= 11 is 3.51. The molecule has 3 aromatic rings. The molecule has 1 aliphatic heterocycles. The molecule has 1 saturated heterocycles. The quantitative estimate of drug-likeness (QED) is 0.767. The van der Waals surface area contributed by atoms with Gasteiger partial charge in [-0.25, -0.2) is 4.98 Å². The van der Waals surface area contributed by atoms with Crippen molar-refractivity contribution in [3.8, 4) is 11.4 Å². The molecule has 0 unspecified atom stereocenters. The van der Waals surface area contributed by atoms with Crippen molar-refractivity contribution in [2.45, 2.75) is 13.0 Å². The highest BCUT2D eigenvalue weighted by atomic mass is 79.9. The van der Waals surface area contributed by atoms with Crippen molar-refractivity contribution in [2.75, 3.05) is 13.1 Å². The Hall–Kier alpha value is -1.65. The number of fused-ring (bicyclic) bond motifs is 1. The zero-order valence-electron chi connectivity index (χ0n) is 12.3. The van der Waals surface area contributed by atoms with Crippen molar-refractivity contribution in [1.29, 1.82) is 0 Å². The van der Waals surface area contributed by atoms with E-state index in [1.165, 1.54) is 17.5 Å². The second kappa shape index (κ2) is 5.86. The van der Waals surface area contributed by atoms with E-state index in [2.05, 4.69) is 74.3 Å². The van der Waals surface area contributed by atoms with Gasteiger partial charge in [0.2, 0.25) is 0 Å². The number of imidazole rings is 1. The lowest BCUT2D eigenvalue weighted by atomic mass is 10.1. The van der Waals surface area contributed by atoms with Crippen molar-refractivity contribution in [3.63, 3.8) is 0 Å². The van der Waals surface area contributed by atoms with Gasteiger partial charge in [0.15, 0.2) is 0 Å². The van der Waals surface area contributed by atoms with Crippen LogP contribution in [0.3, 0.4) is 0 Å². The van der Waals surface area contributed by atoms with Crippen LogP contribution in [0.2, 0.25) is 0 Å². The van der Waals surface area contributed by atoms with Gasteiger partial charge in [-0.15, -0.1) is 0 Å². The molecule has 22 heavy (non-hydrogen) atoms. The van der Waals surface area contributed by atoms with Gasteiger partial charge in [0.25, 0.3) is 0 Å². The van der Waals surface area contributed by atoms with Gasteiger partial charge in [-0.1, -0.05) is 40.2 Å². The molecule has 1 fully saturated rings. The molecule has 112 valence electrons. The van der Waals surface area contributed by atoms with Crippen molar-refractivity contribution in [3.05, 3.63) is 53.0 Å². The van der Waals surface area contributed by atoms with Crippen LogP contribution in [0, 0.1) is 5.92 Å². The number of para-hydroxylation sites is 2. The second-order valence-electron chi connectivity index (χ2n) is 5.90. The molecule has 0 spiro atoms. The fourth-order valence-electron chi connectivity index (χ4n) is 3.21. The van der Waals surface area contributed by atoms with E-state index >= 15 is 0 Å². The van der Waals surface area contributed by atoms with Crippen molar-refractivity contribution >= 4 is 27.0 Å². The Kier molecular flexibility index (Phi) is 3.72. The van der Waals surface area contributed by atoms with Gasteiger partial charge in [-0.05, 0) is 49.7 Å². The molecule has 1 N–H and O–H groups in total. The van der Waals surface area contributed by atoms with Crippen LogP contribution in [0.4, 0.5) is 0 Å². The van der Waals surface area contributed by atoms with Crippen molar-refractivity contribution < 1.29 is 0 Å². The van der Waals surface area contributed by atoms with E-state index in [9.17, 15) is 0 Å². The summed E-state index contributed by atoms with van der Waals surface area (Å²) in [4.78, 5) is 4.88. The zero-order valence-corrected chi connectivity index (χ0v) is 13.9. The minimum absolute atomic E-state index is 0.687. The van der Waals surface area contributed by atoms with E-state index in [-0.39, 0.29) is 0 Å². The lowest BCUT2D eigenvalue weighted by molar-refractivity contribution is 0.492. The van der Waals surface area contributed by atoms with Gasteiger partial charge < -0.3 is 9.88 Å². The monoisotopic (exact) mass is 355 g/mol. The Bertz CT molecular complexity index is 786. The lowest BCUT2D eigenvalue weighted by Gasteiger charge is -2.14. The molecule has 3 nitrogen and oxygen atoms in total. The first kappa shape index (κ1) is 14.0. The molecular formula is C18H18BrN3. The first-order valence-corrected chi connectivity index (χ1v) is 8.52. The maximum absolute atomic E-state index is 4.88. The number of hydrogen-bond acceptors (Lipinski definition) is 2. The fraction of sp³-hybridized carbons (Fsp3) is 0.278. The Balaban J connectivity index is 1.83. The standard InChI is InChI=1S/C18H18BrN3/c19-15-7-5-14(6-8-15)18-21-16-3-1-2-4-17(16)22(18)12-13-9-10-20-11-13/h1-8,13,20H,9-12H2/t13-/m1/s1. The molecular weight excluding hydrogens is 338 g/mol. The molecule has 0 bridgehead atoms. The van der Waals surface area contributed by atoms with E-state index < -0.39 is 0 Å². The molecule has 1 aromatic heterocycles. The lowest BCUT2D eigenvalue weighted by Crippen LogP contribution is -2.15. The summed E-state index contributed by atoms with van der Waals surface area (Å²) in [6.07, 6.45) is 1.24. The Labute approximate surface area is 138 Å². The first-order chi connectivity index (χ1) is 10.8. The van der Waals surface area contributed by atoms with E-state index in [0.29, 0.717) is 5.92 Å². The minimum Gasteiger partial charge on any atom is -0.324 e. The predicted molar refractivity (Wildman–Crippen MR) is 93.8 cm³/mol. The Morgan fingerprint density at radius 1 is 1.14 bits per heavy atom. The smallest absolute Gasteiger partial charge is 0.141 e. The summed E-state index contributed by atoms with van der Waals surface area (Å²) < 4.78 is 3.48. The SMILES string of the molecule is Brc1ccc(-c2nc3ccccc3n2C[C@@H]2CCNC2)cc1. The van der Waals surface area contributed by atoms with Gasteiger partial charge in [-0.2, -0.15) is 0 Å². The number of hydrogen-bond donors (Lipinski definition) is 1. The molecule has 4 rings (SSSR count). The number of nitrogens with zero attached hydrogens (tertiary/aromatic N) is 2. The first-order valence-electron chi connectivity index (χ1n) is 7.73. The van der Waals surface area contributed by atoms with Crippen LogP contribution in [0.15, 0.2) is 53.0 Å². The van der Waals surface area contributed by atoms with Gasteiger partial charge >= 0.3 is 0 Å². The average molecular weight is 356 g/mol. The zero-order chi connectivity index (χ0) is 14.9. The molecule has 2 heterocycles. The number of halogens is 1. The largest absolute Gasteiger partial charge is 0.324 e. The van der Waals surface area contributed by atoms with Crippen LogP contribution in [-0.2, 0) is 6.54 Å². The van der Waals surface area contributed by atoms with E-state index in [4.69, 9.17) is 4.98 Å². The number of aromatic nitrogens is 2. The van der Waals surface area contributed by atoms with Gasteiger partial charge in [0.1, 0.15) is 5.82 Å². The van der Waals surface area contributed by atoms with Crippen molar-refractivity contribution in [1.82, 2.24) is 14.9 Å². The summed E-state index contributed by atoms with van der Waals surface area (Å²) in [7, 11) is 0. The highest BCUT2D eigenvalue weighted by molar-refractivity contribution is 9.10. The fourth-order valence-corrected chi connectivity index (χ4v) is 3.47. The highest BCUT2D eigenvalue weighted by Crippen LogP contribution is 2.27. The van der Waals surface area contributed by atoms with E-state index in [0.717, 1.165) is 35.4 Å².